The van der Waals surface area contributed by atoms with Gasteiger partial charge in [-0.3, -0.25) is 0 Å². The first-order valence-corrected chi connectivity index (χ1v) is 7.27. The number of aliphatic hydroxyl groups is 1. The second kappa shape index (κ2) is 6.44. The molecule has 2 N–H and O–H groups in total. The van der Waals surface area contributed by atoms with Crippen LogP contribution in [0.4, 0.5) is 4.39 Å². The van der Waals surface area contributed by atoms with Gasteiger partial charge in [-0.05, 0) is 29.8 Å². The van der Waals surface area contributed by atoms with E-state index in [1.165, 1.54) is 12.1 Å². The van der Waals surface area contributed by atoms with Gasteiger partial charge < -0.3 is 14.8 Å². The monoisotopic (exact) mass is 319 g/mol. The van der Waals surface area contributed by atoms with E-state index in [1.807, 2.05) is 35.0 Å². The smallest absolute Gasteiger partial charge is 0.142 e. The largest absolute Gasteiger partial charge is 0.394 e. The van der Waals surface area contributed by atoms with E-state index in [0.29, 0.717) is 12.1 Å². The minimum absolute atomic E-state index is 0.0702. The maximum absolute atomic E-state index is 13.5. The first-order valence-electron chi connectivity index (χ1n) is 6.89. The van der Waals surface area contributed by atoms with Gasteiger partial charge in [-0.25, -0.2) is 9.37 Å². The van der Waals surface area contributed by atoms with Gasteiger partial charge in [0, 0.05) is 18.9 Å². The molecule has 3 aromatic rings. The Hall–Kier alpha value is -1.95. The van der Waals surface area contributed by atoms with Gasteiger partial charge in [0.2, 0.25) is 0 Å². The van der Waals surface area contributed by atoms with Crippen LogP contribution in [-0.4, -0.2) is 21.1 Å². The molecule has 0 aliphatic heterocycles. The zero-order chi connectivity index (χ0) is 15.5. The van der Waals surface area contributed by atoms with Crippen LogP contribution in [0.25, 0.3) is 5.65 Å². The molecule has 0 radical (unpaired) electrons. The lowest BCUT2D eigenvalue weighted by Gasteiger charge is -2.16. The second-order valence-corrected chi connectivity index (χ2v) is 5.40. The number of benzene rings is 1. The van der Waals surface area contributed by atoms with Gasteiger partial charge in [0.05, 0.1) is 23.4 Å². The van der Waals surface area contributed by atoms with Crippen LogP contribution in [0.15, 0.2) is 48.8 Å². The lowest BCUT2D eigenvalue weighted by atomic mass is 10.1. The predicted molar refractivity (Wildman–Crippen MR) is 83.3 cm³/mol. The Balaban J connectivity index is 1.73. The summed E-state index contributed by atoms with van der Waals surface area (Å²) in [6, 6.07) is 9.91. The Labute approximate surface area is 132 Å². The number of hydrogen-bond donors (Lipinski definition) is 2. The number of nitrogens with zero attached hydrogens (tertiary/aromatic N) is 2. The molecule has 0 fully saturated rings. The van der Waals surface area contributed by atoms with Crippen molar-refractivity contribution in [1.82, 2.24) is 14.7 Å². The van der Waals surface area contributed by atoms with Crippen molar-refractivity contribution in [3.8, 4) is 0 Å². The Bertz CT molecular complexity index is 757. The van der Waals surface area contributed by atoms with Gasteiger partial charge in [0.25, 0.3) is 0 Å². The molecule has 1 aromatic carbocycles. The highest BCUT2D eigenvalue weighted by Crippen LogP contribution is 2.20. The molecule has 2 aromatic heterocycles. The number of hydrogen-bond acceptors (Lipinski definition) is 3. The lowest BCUT2D eigenvalue weighted by molar-refractivity contribution is 0.243. The summed E-state index contributed by atoms with van der Waals surface area (Å²) in [6.07, 6.45) is 3.84. The molecule has 0 aliphatic rings. The molecule has 2 heterocycles. The molecule has 4 nitrogen and oxygen atoms in total. The van der Waals surface area contributed by atoms with Crippen molar-refractivity contribution in [2.75, 3.05) is 6.61 Å². The molecule has 0 saturated heterocycles. The molecule has 0 spiro atoms. The Kier molecular flexibility index (Phi) is 4.38. The van der Waals surface area contributed by atoms with E-state index in [1.54, 1.807) is 6.07 Å². The summed E-state index contributed by atoms with van der Waals surface area (Å²) in [5.41, 5.74) is 2.35. The van der Waals surface area contributed by atoms with Crippen LogP contribution in [0, 0.1) is 5.82 Å². The zero-order valence-electron chi connectivity index (χ0n) is 11.7. The second-order valence-electron chi connectivity index (χ2n) is 4.99. The van der Waals surface area contributed by atoms with Gasteiger partial charge in [-0.1, -0.05) is 23.7 Å². The number of fused-ring (bicyclic) bond motifs is 1. The van der Waals surface area contributed by atoms with E-state index in [2.05, 4.69) is 10.3 Å². The summed E-state index contributed by atoms with van der Waals surface area (Å²) in [5.74, 6) is -0.493. The predicted octanol–water partition coefficient (Wildman–Crippen LogP) is 2.95. The number of imidazole rings is 1. The fourth-order valence-corrected chi connectivity index (χ4v) is 2.43. The summed E-state index contributed by atoms with van der Waals surface area (Å²) in [5, 5.41) is 12.8. The van der Waals surface area contributed by atoms with Crippen molar-refractivity contribution in [1.29, 1.82) is 0 Å². The Morgan fingerprint density at radius 2 is 2.18 bits per heavy atom. The molecule has 0 saturated carbocycles. The Morgan fingerprint density at radius 3 is 2.91 bits per heavy atom. The molecule has 1 atom stereocenters. The third kappa shape index (κ3) is 3.11. The summed E-state index contributed by atoms with van der Waals surface area (Å²) in [4.78, 5) is 4.47. The molecule has 0 amide bonds. The fraction of sp³-hybridized carbons (Fsp3) is 0.188. The summed E-state index contributed by atoms with van der Waals surface area (Å²) < 4.78 is 15.4. The van der Waals surface area contributed by atoms with Gasteiger partial charge in [0.15, 0.2) is 0 Å². The van der Waals surface area contributed by atoms with Gasteiger partial charge in [-0.15, -0.1) is 0 Å². The van der Waals surface area contributed by atoms with Crippen molar-refractivity contribution in [3.05, 3.63) is 70.9 Å². The average molecular weight is 320 g/mol. The zero-order valence-corrected chi connectivity index (χ0v) is 12.5. The number of pyridine rings is 1. The van der Waals surface area contributed by atoms with Crippen molar-refractivity contribution < 1.29 is 9.50 Å². The molecule has 6 heteroatoms. The SMILES string of the molecule is OCC(NCc1cn2ccccc2n1)c1ccc(Cl)c(F)c1. The van der Waals surface area contributed by atoms with Gasteiger partial charge in [-0.2, -0.15) is 0 Å². The van der Waals surface area contributed by atoms with Crippen molar-refractivity contribution in [2.24, 2.45) is 0 Å². The highest BCUT2D eigenvalue weighted by atomic mass is 35.5. The van der Waals surface area contributed by atoms with Crippen LogP contribution in [-0.2, 0) is 6.54 Å². The maximum atomic E-state index is 13.5. The lowest BCUT2D eigenvalue weighted by Crippen LogP contribution is -2.24. The van der Waals surface area contributed by atoms with Crippen LogP contribution in [0.2, 0.25) is 5.02 Å². The average Bonchev–Trinajstić information content (AvgIpc) is 2.94. The first kappa shape index (κ1) is 15.0. The Morgan fingerprint density at radius 1 is 1.32 bits per heavy atom. The van der Waals surface area contributed by atoms with E-state index < -0.39 is 5.82 Å². The third-order valence-electron chi connectivity index (χ3n) is 3.47. The minimum atomic E-state index is -0.493. The van der Waals surface area contributed by atoms with Crippen molar-refractivity contribution in [2.45, 2.75) is 12.6 Å². The normalized spacial score (nSPS) is 12.7. The number of halogens is 2. The fourth-order valence-electron chi connectivity index (χ4n) is 2.32. The van der Waals surface area contributed by atoms with E-state index in [4.69, 9.17) is 11.6 Å². The van der Waals surface area contributed by atoms with Crippen molar-refractivity contribution >= 4 is 17.2 Å². The van der Waals surface area contributed by atoms with E-state index in [-0.39, 0.29) is 17.7 Å². The number of nitrogens with one attached hydrogen (secondary N) is 1. The molecule has 3 rings (SSSR count). The highest BCUT2D eigenvalue weighted by molar-refractivity contribution is 6.30. The van der Waals surface area contributed by atoms with Gasteiger partial charge >= 0.3 is 0 Å². The summed E-state index contributed by atoms with van der Waals surface area (Å²) in [7, 11) is 0. The van der Waals surface area contributed by atoms with E-state index >= 15 is 0 Å². The van der Waals surface area contributed by atoms with Crippen molar-refractivity contribution in [3.63, 3.8) is 0 Å². The van der Waals surface area contributed by atoms with E-state index in [9.17, 15) is 9.50 Å². The highest BCUT2D eigenvalue weighted by Gasteiger charge is 2.13. The molecular weight excluding hydrogens is 305 g/mol. The maximum Gasteiger partial charge on any atom is 0.142 e. The third-order valence-corrected chi connectivity index (χ3v) is 3.78. The van der Waals surface area contributed by atoms with Crippen LogP contribution in [0.1, 0.15) is 17.3 Å². The quantitative estimate of drug-likeness (QED) is 0.760. The molecular formula is C16H15ClFN3O. The van der Waals surface area contributed by atoms with Crippen LogP contribution >= 0.6 is 11.6 Å². The standard InChI is InChI=1S/C16H15ClFN3O/c17-13-5-4-11(7-14(13)18)15(10-22)19-8-12-9-21-6-2-1-3-16(21)20-12/h1-7,9,15,19,22H,8,10H2. The molecule has 22 heavy (non-hydrogen) atoms. The van der Waals surface area contributed by atoms with Crippen LogP contribution < -0.4 is 5.32 Å². The van der Waals surface area contributed by atoms with E-state index in [0.717, 1.165) is 11.3 Å². The molecule has 0 aliphatic carbocycles. The number of aliphatic hydroxyl groups excluding tert-OH is 1. The topological polar surface area (TPSA) is 49.6 Å². The number of aromatic nitrogens is 2. The minimum Gasteiger partial charge on any atom is -0.394 e. The summed E-state index contributed by atoms with van der Waals surface area (Å²) >= 11 is 5.68. The number of rotatable bonds is 5. The van der Waals surface area contributed by atoms with Crippen LogP contribution in [0.3, 0.4) is 0 Å². The molecule has 1 unspecified atom stereocenters. The van der Waals surface area contributed by atoms with Crippen LogP contribution in [0.5, 0.6) is 0 Å². The molecule has 0 bridgehead atoms. The molecule has 114 valence electrons. The summed E-state index contributed by atoms with van der Waals surface area (Å²) in [6.45, 7) is 0.325. The van der Waals surface area contributed by atoms with Gasteiger partial charge in [0.1, 0.15) is 11.5 Å². The first-order chi connectivity index (χ1) is 10.7.